The van der Waals surface area contributed by atoms with E-state index in [4.69, 9.17) is 0 Å². The van der Waals surface area contributed by atoms with Crippen LogP contribution < -0.4 is 0 Å². The monoisotopic (exact) mass is 144 g/mol. The molecule has 0 aromatic rings. The summed E-state index contributed by atoms with van der Waals surface area (Å²) in [6.07, 6.45) is -5.92. The number of rotatable bonds is 2. The Morgan fingerprint density at radius 1 is 0.889 bits per heavy atom. The largest absolute Gasteiger partial charge is 0.249 e. The molecule has 0 unspecified atom stereocenters. The van der Waals surface area contributed by atoms with Gasteiger partial charge in [-0.05, 0) is 13.8 Å². The molecule has 56 valence electrons. The zero-order valence-corrected chi connectivity index (χ0v) is 5.17. The smallest absolute Gasteiger partial charge is 0.210 e. The summed E-state index contributed by atoms with van der Waals surface area (Å²) >= 11 is 0. The fourth-order valence-electron chi connectivity index (χ4n) is 0.0952. The maximum Gasteiger partial charge on any atom is 0.249 e. The van der Waals surface area contributed by atoms with E-state index in [1.54, 1.807) is 0 Å². The standard InChI is InChI=1S/C5H8F4/c1-5(2,3(6)7)4(8)9/h3-4H,1-2H3. The fraction of sp³-hybridized carbons (Fsp3) is 1.00. The number of hydrogen-bond donors (Lipinski definition) is 0. The van der Waals surface area contributed by atoms with Gasteiger partial charge in [-0.1, -0.05) is 0 Å². The summed E-state index contributed by atoms with van der Waals surface area (Å²) in [5.41, 5.74) is -2.17. The summed E-state index contributed by atoms with van der Waals surface area (Å²) in [6.45, 7) is 1.67. The van der Waals surface area contributed by atoms with E-state index in [1.165, 1.54) is 0 Å². The molecule has 0 radical (unpaired) electrons. The van der Waals surface area contributed by atoms with Gasteiger partial charge in [-0.2, -0.15) is 0 Å². The lowest BCUT2D eigenvalue weighted by Crippen LogP contribution is -2.29. The minimum absolute atomic E-state index is 0.836. The molecule has 0 saturated heterocycles. The molecule has 0 N–H and O–H groups in total. The minimum Gasteiger partial charge on any atom is -0.210 e. The van der Waals surface area contributed by atoms with Crippen molar-refractivity contribution >= 4 is 0 Å². The van der Waals surface area contributed by atoms with E-state index in [9.17, 15) is 17.6 Å². The topological polar surface area (TPSA) is 0 Å². The highest BCUT2D eigenvalue weighted by atomic mass is 19.3. The molecule has 0 nitrogen and oxygen atoms in total. The van der Waals surface area contributed by atoms with E-state index in [1.807, 2.05) is 0 Å². The van der Waals surface area contributed by atoms with Gasteiger partial charge in [0.25, 0.3) is 0 Å². The third-order valence-electron chi connectivity index (χ3n) is 1.12. The Morgan fingerprint density at radius 2 is 1.11 bits per heavy atom. The van der Waals surface area contributed by atoms with Crippen LogP contribution in [0.2, 0.25) is 0 Å². The highest BCUT2D eigenvalue weighted by Crippen LogP contribution is 2.31. The molecule has 4 heteroatoms. The number of halogens is 4. The van der Waals surface area contributed by atoms with Crippen LogP contribution >= 0.6 is 0 Å². The van der Waals surface area contributed by atoms with Gasteiger partial charge in [0, 0.05) is 0 Å². The molecule has 0 rings (SSSR count). The van der Waals surface area contributed by atoms with Gasteiger partial charge in [0.2, 0.25) is 12.9 Å². The number of hydrogen-bond acceptors (Lipinski definition) is 0. The van der Waals surface area contributed by atoms with Gasteiger partial charge in [-0.3, -0.25) is 0 Å². The molecule has 0 aliphatic heterocycles. The van der Waals surface area contributed by atoms with E-state index in [2.05, 4.69) is 0 Å². The van der Waals surface area contributed by atoms with Crippen molar-refractivity contribution in [1.82, 2.24) is 0 Å². The first-order valence-electron chi connectivity index (χ1n) is 2.45. The predicted octanol–water partition coefficient (Wildman–Crippen LogP) is 2.54. The molecule has 0 bridgehead atoms. The second kappa shape index (κ2) is 2.54. The van der Waals surface area contributed by atoms with Gasteiger partial charge in [0.15, 0.2) is 0 Å². The van der Waals surface area contributed by atoms with Gasteiger partial charge in [-0.25, -0.2) is 17.6 Å². The first-order valence-corrected chi connectivity index (χ1v) is 2.45. The number of alkyl halides is 4. The van der Waals surface area contributed by atoms with Gasteiger partial charge in [-0.15, -0.1) is 0 Å². The van der Waals surface area contributed by atoms with Crippen LogP contribution in [0, 0.1) is 5.41 Å². The van der Waals surface area contributed by atoms with Crippen molar-refractivity contribution < 1.29 is 17.6 Å². The second-order valence-corrected chi connectivity index (χ2v) is 2.42. The van der Waals surface area contributed by atoms with Gasteiger partial charge < -0.3 is 0 Å². The quantitative estimate of drug-likeness (QED) is 0.522. The van der Waals surface area contributed by atoms with Crippen LogP contribution in [-0.4, -0.2) is 12.9 Å². The lowest BCUT2D eigenvalue weighted by molar-refractivity contribution is -0.0855. The van der Waals surface area contributed by atoms with Gasteiger partial charge >= 0.3 is 0 Å². The predicted molar refractivity (Wildman–Crippen MR) is 25.8 cm³/mol. The molecular weight excluding hydrogens is 136 g/mol. The van der Waals surface area contributed by atoms with Crippen LogP contribution in [0.3, 0.4) is 0 Å². The van der Waals surface area contributed by atoms with E-state index in [0.29, 0.717) is 0 Å². The molecule has 9 heavy (non-hydrogen) atoms. The molecule has 0 aromatic heterocycles. The van der Waals surface area contributed by atoms with Crippen LogP contribution in [0.5, 0.6) is 0 Å². The summed E-state index contributed by atoms with van der Waals surface area (Å²) < 4.78 is 46.3. The Kier molecular flexibility index (Phi) is 2.46. The van der Waals surface area contributed by atoms with E-state index in [-0.39, 0.29) is 0 Å². The summed E-state index contributed by atoms with van der Waals surface area (Å²) in [5, 5.41) is 0. The van der Waals surface area contributed by atoms with Crippen LogP contribution in [0.25, 0.3) is 0 Å². The highest BCUT2D eigenvalue weighted by Gasteiger charge is 2.38. The second-order valence-electron chi connectivity index (χ2n) is 2.42. The first-order chi connectivity index (χ1) is 3.89. The summed E-state index contributed by atoms with van der Waals surface area (Å²) in [4.78, 5) is 0. The summed E-state index contributed by atoms with van der Waals surface area (Å²) in [5.74, 6) is 0. The average molecular weight is 144 g/mol. The summed E-state index contributed by atoms with van der Waals surface area (Å²) in [6, 6.07) is 0. The van der Waals surface area contributed by atoms with Crippen LogP contribution in [-0.2, 0) is 0 Å². The van der Waals surface area contributed by atoms with Crippen molar-refractivity contribution in [3.8, 4) is 0 Å². The lowest BCUT2D eigenvalue weighted by atomic mass is 9.95. The van der Waals surface area contributed by atoms with E-state index < -0.39 is 18.3 Å². The Hall–Kier alpha value is -0.280. The molecule has 0 fully saturated rings. The van der Waals surface area contributed by atoms with E-state index in [0.717, 1.165) is 13.8 Å². The molecule has 0 aliphatic rings. The molecule has 0 aliphatic carbocycles. The molecule has 0 amide bonds. The Balaban J connectivity index is 4.01. The Morgan fingerprint density at radius 3 is 1.11 bits per heavy atom. The van der Waals surface area contributed by atoms with Crippen molar-refractivity contribution in [3.05, 3.63) is 0 Å². The van der Waals surface area contributed by atoms with E-state index >= 15 is 0 Å². The zero-order chi connectivity index (χ0) is 7.65. The molecule has 0 heterocycles. The molecule has 0 atom stereocenters. The van der Waals surface area contributed by atoms with Crippen molar-refractivity contribution in [1.29, 1.82) is 0 Å². The zero-order valence-electron chi connectivity index (χ0n) is 5.17. The van der Waals surface area contributed by atoms with Crippen molar-refractivity contribution in [2.75, 3.05) is 0 Å². The minimum atomic E-state index is -2.96. The Labute approximate surface area is 50.9 Å². The van der Waals surface area contributed by atoms with Crippen LogP contribution in [0.1, 0.15) is 13.8 Å². The Bertz CT molecular complexity index is 77.0. The molecule has 0 aromatic carbocycles. The maximum absolute atomic E-state index is 11.6. The van der Waals surface area contributed by atoms with Crippen molar-refractivity contribution in [2.24, 2.45) is 5.41 Å². The van der Waals surface area contributed by atoms with Crippen molar-refractivity contribution in [2.45, 2.75) is 26.7 Å². The summed E-state index contributed by atoms with van der Waals surface area (Å²) in [7, 11) is 0. The molecule has 0 saturated carbocycles. The average Bonchev–Trinajstić information content (AvgIpc) is 1.65. The van der Waals surface area contributed by atoms with Crippen LogP contribution in [0.4, 0.5) is 17.6 Å². The fourth-order valence-corrected chi connectivity index (χ4v) is 0.0952. The van der Waals surface area contributed by atoms with Crippen LogP contribution in [0.15, 0.2) is 0 Å². The van der Waals surface area contributed by atoms with Gasteiger partial charge in [0.1, 0.15) is 0 Å². The third kappa shape index (κ3) is 1.84. The normalized spacial score (nSPS) is 13.3. The molecule has 0 spiro atoms. The first kappa shape index (κ1) is 8.72. The SMILES string of the molecule is CC(C)(C(F)F)C(F)F. The highest BCUT2D eigenvalue weighted by molar-refractivity contribution is 4.73. The lowest BCUT2D eigenvalue weighted by Gasteiger charge is -2.21. The van der Waals surface area contributed by atoms with Gasteiger partial charge in [0.05, 0.1) is 5.41 Å². The molecular formula is C5H8F4. The maximum atomic E-state index is 11.6. The van der Waals surface area contributed by atoms with Crippen molar-refractivity contribution in [3.63, 3.8) is 0 Å². The third-order valence-corrected chi connectivity index (χ3v) is 1.12.